The zero-order chi connectivity index (χ0) is 20.7. The van der Waals surface area contributed by atoms with E-state index in [-0.39, 0.29) is 11.4 Å². The third-order valence-corrected chi connectivity index (χ3v) is 4.43. The number of anilines is 1. The summed E-state index contributed by atoms with van der Waals surface area (Å²) >= 11 is 17.9. The molecule has 0 aromatic heterocycles. The Balaban J connectivity index is 1.94. The van der Waals surface area contributed by atoms with Gasteiger partial charge in [0.2, 0.25) is 0 Å². The lowest BCUT2D eigenvalue weighted by molar-refractivity contribution is -0.147. The second-order valence-corrected chi connectivity index (χ2v) is 6.87. The molecule has 0 radical (unpaired) electrons. The van der Waals surface area contributed by atoms with Crippen molar-refractivity contribution in [3.05, 3.63) is 63.1 Å². The van der Waals surface area contributed by atoms with E-state index < -0.39 is 30.6 Å². The SMILES string of the molecule is NC(=O)NC(CC(=O)OCC(=O)Nc1ccc(Cl)cc1Cl)c1ccccc1Cl. The van der Waals surface area contributed by atoms with E-state index in [1.807, 2.05) is 0 Å². The van der Waals surface area contributed by atoms with Gasteiger partial charge in [-0.1, -0.05) is 53.0 Å². The van der Waals surface area contributed by atoms with Crippen LogP contribution in [0.25, 0.3) is 0 Å². The Morgan fingerprint density at radius 1 is 1.04 bits per heavy atom. The first-order chi connectivity index (χ1) is 13.3. The molecule has 0 saturated carbocycles. The average molecular weight is 445 g/mol. The molecule has 0 aliphatic heterocycles. The molecule has 4 N–H and O–H groups in total. The molecule has 10 heteroatoms. The van der Waals surface area contributed by atoms with Crippen molar-refractivity contribution < 1.29 is 19.1 Å². The fraction of sp³-hybridized carbons (Fsp3) is 0.167. The number of hydrogen-bond donors (Lipinski definition) is 3. The second kappa shape index (κ2) is 10.2. The summed E-state index contributed by atoms with van der Waals surface area (Å²) in [6, 6.07) is 9.58. The number of ether oxygens (including phenoxy) is 1. The monoisotopic (exact) mass is 443 g/mol. The first-order valence-corrected chi connectivity index (χ1v) is 9.10. The lowest BCUT2D eigenvalue weighted by Gasteiger charge is -2.18. The van der Waals surface area contributed by atoms with E-state index in [1.54, 1.807) is 30.3 Å². The van der Waals surface area contributed by atoms with Crippen LogP contribution >= 0.6 is 34.8 Å². The highest BCUT2D eigenvalue weighted by Crippen LogP contribution is 2.26. The summed E-state index contributed by atoms with van der Waals surface area (Å²) in [4.78, 5) is 35.3. The van der Waals surface area contributed by atoms with E-state index >= 15 is 0 Å². The fourth-order valence-corrected chi connectivity index (χ4v) is 3.04. The molecule has 2 aromatic carbocycles. The maximum Gasteiger partial charge on any atom is 0.312 e. The molecule has 0 spiro atoms. The molecule has 1 atom stereocenters. The number of carbonyl (C=O) groups excluding carboxylic acids is 3. The van der Waals surface area contributed by atoms with Gasteiger partial charge >= 0.3 is 12.0 Å². The minimum Gasteiger partial charge on any atom is -0.455 e. The van der Waals surface area contributed by atoms with Gasteiger partial charge in [-0.05, 0) is 29.8 Å². The lowest BCUT2D eigenvalue weighted by Crippen LogP contribution is -2.35. The largest absolute Gasteiger partial charge is 0.455 e. The van der Waals surface area contributed by atoms with Gasteiger partial charge in [0.15, 0.2) is 6.61 Å². The van der Waals surface area contributed by atoms with Crippen LogP contribution in [0.4, 0.5) is 10.5 Å². The van der Waals surface area contributed by atoms with Gasteiger partial charge < -0.3 is 21.1 Å². The van der Waals surface area contributed by atoms with Gasteiger partial charge in [-0.15, -0.1) is 0 Å². The highest BCUT2D eigenvalue weighted by atomic mass is 35.5. The molecule has 0 saturated heterocycles. The van der Waals surface area contributed by atoms with Crippen molar-refractivity contribution in [2.75, 3.05) is 11.9 Å². The first kappa shape index (κ1) is 21.8. The van der Waals surface area contributed by atoms with Crippen molar-refractivity contribution in [2.45, 2.75) is 12.5 Å². The van der Waals surface area contributed by atoms with Crippen LogP contribution in [0.1, 0.15) is 18.0 Å². The summed E-state index contributed by atoms with van der Waals surface area (Å²) in [7, 11) is 0. The summed E-state index contributed by atoms with van der Waals surface area (Å²) in [6.45, 7) is -0.538. The van der Waals surface area contributed by atoms with Crippen LogP contribution in [0.15, 0.2) is 42.5 Å². The number of nitrogens with two attached hydrogens (primary N) is 1. The Morgan fingerprint density at radius 3 is 2.39 bits per heavy atom. The van der Waals surface area contributed by atoms with Crippen LogP contribution in [-0.4, -0.2) is 24.5 Å². The minimum atomic E-state index is -0.826. The zero-order valence-electron chi connectivity index (χ0n) is 14.4. The van der Waals surface area contributed by atoms with Crippen molar-refractivity contribution in [2.24, 2.45) is 5.73 Å². The van der Waals surface area contributed by atoms with Gasteiger partial charge in [-0.25, -0.2) is 4.79 Å². The van der Waals surface area contributed by atoms with Crippen LogP contribution < -0.4 is 16.4 Å². The Morgan fingerprint density at radius 2 is 1.75 bits per heavy atom. The molecule has 0 aliphatic carbocycles. The van der Waals surface area contributed by atoms with E-state index in [9.17, 15) is 14.4 Å². The Kier molecular flexibility index (Phi) is 7.92. The van der Waals surface area contributed by atoms with Crippen molar-refractivity contribution in [1.82, 2.24) is 5.32 Å². The van der Waals surface area contributed by atoms with Crippen molar-refractivity contribution in [3.63, 3.8) is 0 Å². The summed E-state index contributed by atoms with van der Waals surface area (Å²) in [6.07, 6.45) is -0.262. The van der Waals surface area contributed by atoms with Gasteiger partial charge in [-0.2, -0.15) is 0 Å². The van der Waals surface area contributed by atoms with E-state index in [0.29, 0.717) is 21.3 Å². The third-order valence-electron chi connectivity index (χ3n) is 3.54. The Bertz CT molecular complexity index is 892. The number of nitrogens with one attached hydrogen (secondary N) is 2. The summed E-state index contributed by atoms with van der Waals surface area (Å²) < 4.78 is 4.96. The molecule has 148 valence electrons. The van der Waals surface area contributed by atoms with Crippen LogP contribution in [0.2, 0.25) is 15.1 Å². The predicted molar refractivity (Wildman–Crippen MR) is 108 cm³/mol. The van der Waals surface area contributed by atoms with Crippen LogP contribution in [0.3, 0.4) is 0 Å². The fourth-order valence-electron chi connectivity index (χ4n) is 2.32. The maximum absolute atomic E-state index is 12.1. The van der Waals surface area contributed by atoms with Gasteiger partial charge in [0.25, 0.3) is 5.91 Å². The highest BCUT2D eigenvalue weighted by molar-refractivity contribution is 6.36. The number of primary amides is 1. The number of benzene rings is 2. The van der Waals surface area contributed by atoms with E-state index in [0.717, 1.165) is 0 Å². The van der Waals surface area contributed by atoms with Crippen molar-refractivity contribution in [1.29, 1.82) is 0 Å². The summed E-state index contributed by atoms with van der Waals surface area (Å²) in [5.74, 6) is -1.31. The second-order valence-electron chi connectivity index (χ2n) is 5.62. The first-order valence-electron chi connectivity index (χ1n) is 7.97. The Hall–Kier alpha value is -2.48. The van der Waals surface area contributed by atoms with Gasteiger partial charge in [0, 0.05) is 10.0 Å². The molecule has 2 rings (SSSR count). The van der Waals surface area contributed by atoms with Crippen molar-refractivity contribution in [3.8, 4) is 0 Å². The quantitative estimate of drug-likeness (QED) is 0.562. The number of halogens is 3. The number of esters is 1. The molecular weight excluding hydrogens is 429 g/mol. The van der Waals surface area contributed by atoms with E-state index in [1.165, 1.54) is 12.1 Å². The molecule has 0 bridgehead atoms. The topological polar surface area (TPSA) is 111 Å². The molecule has 0 aliphatic rings. The molecular formula is C18H16Cl3N3O4. The Labute approximate surface area is 176 Å². The lowest BCUT2D eigenvalue weighted by atomic mass is 10.0. The normalized spacial score (nSPS) is 11.4. The van der Waals surface area contributed by atoms with Gasteiger partial charge in [-0.3, -0.25) is 9.59 Å². The molecule has 7 nitrogen and oxygen atoms in total. The van der Waals surface area contributed by atoms with Crippen molar-refractivity contribution >= 4 is 58.4 Å². The molecule has 28 heavy (non-hydrogen) atoms. The van der Waals surface area contributed by atoms with Gasteiger partial charge in [0.1, 0.15) is 0 Å². The predicted octanol–water partition coefficient (Wildman–Crippen LogP) is 3.93. The zero-order valence-corrected chi connectivity index (χ0v) is 16.6. The maximum atomic E-state index is 12.1. The average Bonchev–Trinajstić information content (AvgIpc) is 2.62. The van der Waals surface area contributed by atoms with Crippen LogP contribution in [0.5, 0.6) is 0 Å². The number of amides is 3. The number of carbonyl (C=O) groups is 3. The summed E-state index contributed by atoms with van der Waals surface area (Å²) in [5, 5.41) is 5.95. The van der Waals surface area contributed by atoms with Crippen LogP contribution in [0, 0.1) is 0 Å². The molecule has 3 amide bonds. The highest BCUT2D eigenvalue weighted by Gasteiger charge is 2.21. The molecule has 2 aromatic rings. The standard InChI is InChI=1S/C18H16Cl3N3O4/c19-10-5-6-14(13(21)7-10)23-16(25)9-28-17(26)8-15(24-18(22)27)11-3-1-2-4-12(11)20/h1-7,15H,8-9H2,(H,23,25)(H3,22,24,27). The van der Waals surface area contributed by atoms with Crippen LogP contribution in [-0.2, 0) is 14.3 Å². The van der Waals surface area contributed by atoms with E-state index in [4.69, 9.17) is 45.3 Å². The molecule has 1 unspecified atom stereocenters. The number of hydrogen-bond acceptors (Lipinski definition) is 4. The molecule has 0 heterocycles. The number of urea groups is 1. The summed E-state index contributed by atoms with van der Waals surface area (Å²) in [5.41, 5.74) is 5.99. The minimum absolute atomic E-state index is 0.247. The van der Waals surface area contributed by atoms with E-state index in [2.05, 4.69) is 10.6 Å². The smallest absolute Gasteiger partial charge is 0.312 e. The third kappa shape index (κ3) is 6.60. The molecule has 0 fully saturated rings. The van der Waals surface area contributed by atoms with Gasteiger partial charge in [0.05, 0.1) is 23.2 Å². The number of rotatable bonds is 7.